The van der Waals surface area contributed by atoms with Crippen LogP contribution in [0, 0.1) is 5.92 Å². The molecule has 1 fully saturated rings. The van der Waals surface area contributed by atoms with E-state index in [1.165, 1.54) is 5.57 Å². The van der Waals surface area contributed by atoms with Crippen LogP contribution >= 0.6 is 11.6 Å². The number of carbonyl (C=O) groups is 1. The third-order valence-corrected chi connectivity index (χ3v) is 6.00. The molecule has 0 spiro atoms. The van der Waals surface area contributed by atoms with Crippen molar-refractivity contribution >= 4 is 23.2 Å². The molecule has 6 heteroatoms. The van der Waals surface area contributed by atoms with Crippen molar-refractivity contribution in [1.82, 2.24) is 16.0 Å². The van der Waals surface area contributed by atoms with Gasteiger partial charge in [-0.3, -0.25) is 4.79 Å². The summed E-state index contributed by atoms with van der Waals surface area (Å²) in [6.07, 6.45) is 7.79. The van der Waals surface area contributed by atoms with E-state index in [9.17, 15) is 4.79 Å². The van der Waals surface area contributed by atoms with Crippen molar-refractivity contribution in [1.29, 1.82) is 0 Å². The summed E-state index contributed by atoms with van der Waals surface area (Å²) in [7, 11) is 0. The van der Waals surface area contributed by atoms with Crippen LogP contribution in [0.2, 0.25) is 5.02 Å². The Morgan fingerprint density at radius 2 is 2.00 bits per heavy atom. The first-order valence-corrected chi connectivity index (χ1v) is 11.2. The van der Waals surface area contributed by atoms with Crippen molar-refractivity contribution < 1.29 is 9.53 Å². The lowest BCUT2D eigenvalue weighted by molar-refractivity contribution is -0.125. The first-order valence-electron chi connectivity index (χ1n) is 10.8. The van der Waals surface area contributed by atoms with Crippen LogP contribution in [0.4, 0.5) is 0 Å². The lowest BCUT2D eigenvalue weighted by atomic mass is 9.85. The van der Waals surface area contributed by atoms with E-state index in [4.69, 9.17) is 16.3 Å². The molecular weight excluding hydrogens is 410 g/mol. The average molecular weight is 438 g/mol. The normalized spacial score (nSPS) is 17.9. The highest BCUT2D eigenvalue weighted by Gasteiger charge is 2.23. The highest BCUT2D eigenvalue weighted by atomic mass is 35.5. The molecule has 1 heterocycles. The predicted octanol–water partition coefficient (Wildman–Crippen LogP) is 4.60. The number of amides is 1. The number of benzene rings is 2. The maximum Gasteiger partial charge on any atom is 0.223 e. The molecule has 1 saturated carbocycles. The molecule has 0 bridgehead atoms. The summed E-state index contributed by atoms with van der Waals surface area (Å²) in [5, 5.41) is 10.2. The van der Waals surface area contributed by atoms with Crippen LogP contribution in [-0.2, 0) is 11.3 Å². The van der Waals surface area contributed by atoms with Crippen molar-refractivity contribution in [2.75, 3.05) is 13.3 Å². The van der Waals surface area contributed by atoms with Crippen molar-refractivity contribution in [3.63, 3.8) is 0 Å². The van der Waals surface area contributed by atoms with Crippen LogP contribution in [0.3, 0.4) is 0 Å². The maximum absolute atomic E-state index is 12.5. The number of para-hydroxylation sites is 1. The van der Waals surface area contributed by atoms with Crippen molar-refractivity contribution in [3.05, 3.63) is 82.5 Å². The Labute approximate surface area is 188 Å². The minimum atomic E-state index is 0.0749. The van der Waals surface area contributed by atoms with Gasteiger partial charge in [0.05, 0.1) is 12.4 Å². The fourth-order valence-electron chi connectivity index (χ4n) is 4.02. The second-order valence-corrected chi connectivity index (χ2v) is 8.34. The number of halogens is 1. The molecule has 31 heavy (non-hydrogen) atoms. The van der Waals surface area contributed by atoms with Gasteiger partial charge in [0.15, 0.2) is 0 Å². The van der Waals surface area contributed by atoms with E-state index in [1.807, 2.05) is 48.7 Å². The summed E-state index contributed by atoms with van der Waals surface area (Å²) in [5.74, 6) is 1.08. The Bertz CT molecular complexity index is 976. The van der Waals surface area contributed by atoms with E-state index in [0.29, 0.717) is 18.2 Å². The Balaban J connectivity index is 1.23. The summed E-state index contributed by atoms with van der Waals surface area (Å²) in [6, 6.07) is 15.7. The van der Waals surface area contributed by atoms with Gasteiger partial charge in [-0.05, 0) is 61.6 Å². The molecule has 1 aliphatic carbocycles. The van der Waals surface area contributed by atoms with E-state index in [0.717, 1.165) is 54.9 Å². The van der Waals surface area contributed by atoms with Gasteiger partial charge in [-0.1, -0.05) is 41.4 Å². The van der Waals surface area contributed by atoms with Gasteiger partial charge in [-0.25, -0.2) is 0 Å². The molecule has 4 rings (SSSR count). The lowest BCUT2D eigenvalue weighted by Crippen LogP contribution is -2.31. The quantitative estimate of drug-likeness (QED) is 0.554. The van der Waals surface area contributed by atoms with Crippen molar-refractivity contribution in [3.8, 4) is 5.75 Å². The van der Waals surface area contributed by atoms with E-state index in [-0.39, 0.29) is 11.8 Å². The number of hydrogen-bond donors (Lipinski definition) is 3. The summed E-state index contributed by atoms with van der Waals surface area (Å²) >= 11 is 6.01. The lowest BCUT2D eigenvalue weighted by Gasteiger charge is -2.23. The SMILES string of the molecule is O=C(NCc1cccc(Cl)c1)C1CCC(=CCOc2ccccc2C2=CNCN2)CC1. The minimum absolute atomic E-state index is 0.0749. The minimum Gasteiger partial charge on any atom is -0.489 e. The highest BCUT2D eigenvalue weighted by molar-refractivity contribution is 6.30. The van der Waals surface area contributed by atoms with Crippen LogP contribution in [0.15, 0.2) is 66.4 Å². The summed E-state index contributed by atoms with van der Waals surface area (Å²) < 4.78 is 6.05. The van der Waals surface area contributed by atoms with Gasteiger partial charge in [0, 0.05) is 29.2 Å². The first-order chi connectivity index (χ1) is 15.2. The van der Waals surface area contributed by atoms with Gasteiger partial charge < -0.3 is 20.7 Å². The largest absolute Gasteiger partial charge is 0.489 e. The zero-order valence-electron chi connectivity index (χ0n) is 17.5. The Morgan fingerprint density at radius 3 is 2.77 bits per heavy atom. The highest BCUT2D eigenvalue weighted by Crippen LogP contribution is 2.29. The topological polar surface area (TPSA) is 62.4 Å². The number of carbonyl (C=O) groups excluding carboxylic acids is 1. The van der Waals surface area contributed by atoms with E-state index < -0.39 is 0 Å². The molecule has 2 aromatic rings. The van der Waals surface area contributed by atoms with Gasteiger partial charge >= 0.3 is 0 Å². The molecule has 0 atom stereocenters. The van der Waals surface area contributed by atoms with E-state index in [1.54, 1.807) is 0 Å². The third-order valence-electron chi connectivity index (χ3n) is 5.77. The average Bonchev–Trinajstić information content (AvgIpc) is 3.33. The van der Waals surface area contributed by atoms with E-state index in [2.05, 4.69) is 28.1 Å². The third kappa shape index (κ3) is 5.82. The Kier molecular flexibility index (Phi) is 7.15. The van der Waals surface area contributed by atoms with Gasteiger partial charge in [-0.15, -0.1) is 0 Å². The predicted molar refractivity (Wildman–Crippen MR) is 124 cm³/mol. The number of nitrogens with one attached hydrogen (secondary N) is 3. The maximum atomic E-state index is 12.5. The van der Waals surface area contributed by atoms with Crippen LogP contribution in [0.25, 0.3) is 5.70 Å². The Hall–Kier alpha value is -2.92. The molecule has 162 valence electrons. The smallest absolute Gasteiger partial charge is 0.223 e. The van der Waals surface area contributed by atoms with Gasteiger partial charge in [-0.2, -0.15) is 0 Å². The van der Waals surface area contributed by atoms with Crippen LogP contribution < -0.4 is 20.7 Å². The molecule has 1 amide bonds. The molecule has 5 nitrogen and oxygen atoms in total. The molecule has 2 aliphatic rings. The van der Waals surface area contributed by atoms with E-state index >= 15 is 0 Å². The number of hydrogen-bond acceptors (Lipinski definition) is 4. The summed E-state index contributed by atoms with van der Waals surface area (Å²) in [5.41, 5.74) is 4.50. The molecule has 1 aliphatic heterocycles. The van der Waals surface area contributed by atoms with Crippen LogP contribution in [-0.4, -0.2) is 19.2 Å². The number of rotatable bonds is 7. The molecular formula is C25H28ClN3O2. The fourth-order valence-corrected chi connectivity index (χ4v) is 4.24. The second-order valence-electron chi connectivity index (χ2n) is 7.91. The van der Waals surface area contributed by atoms with Gasteiger partial charge in [0.1, 0.15) is 12.4 Å². The second kappa shape index (κ2) is 10.4. The monoisotopic (exact) mass is 437 g/mol. The summed E-state index contributed by atoms with van der Waals surface area (Å²) in [6.45, 7) is 1.80. The van der Waals surface area contributed by atoms with Crippen molar-refractivity contribution in [2.45, 2.75) is 32.2 Å². The zero-order valence-corrected chi connectivity index (χ0v) is 18.3. The zero-order chi connectivity index (χ0) is 21.5. The van der Waals surface area contributed by atoms with Gasteiger partial charge in [0.25, 0.3) is 0 Å². The molecule has 0 saturated heterocycles. The van der Waals surface area contributed by atoms with Gasteiger partial charge in [0.2, 0.25) is 5.91 Å². The molecule has 0 aromatic heterocycles. The van der Waals surface area contributed by atoms with Crippen molar-refractivity contribution in [2.24, 2.45) is 5.92 Å². The van der Waals surface area contributed by atoms with Crippen LogP contribution in [0.5, 0.6) is 5.75 Å². The molecule has 2 aromatic carbocycles. The fraction of sp³-hybridized carbons (Fsp3) is 0.320. The Morgan fingerprint density at radius 1 is 1.16 bits per heavy atom. The summed E-state index contributed by atoms with van der Waals surface area (Å²) in [4.78, 5) is 12.5. The molecule has 0 radical (unpaired) electrons. The first kappa shape index (κ1) is 21.3. The molecule has 0 unspecified atom stereocenters. The number of ether oxygens (including phenoxy) is 1. The molecule has 3 N–H and O–H groups in total. The number of allylic oxidation sites excluding steroid dienone is 1. The van der Waals surface area contributed by atoms with Crippen LogP contribution in [0.1, 0.15) is 36.8 Å². The standard InChI is InChI=1S/C25H28ClN3O2/c26-21-5-3-4-19(14-21)15-28-25(30)20-10-8-18(9-11-20)12-13-31-24-7-2-1-6-22(24)23-16-27-17-29-23/h1-7,12,14,16,20,27,29H,8-11,13,15,17H2,(H,28,30).